The average molecular weight is 259 g/mol. The second kappa shape index (κ2) is 5.01. The summed E-state index contributed by atoms with van der Waals surface area (Å²) in [4.78, 5) is 0. The van der Waals surface area contributed by atoms with Crippen LogP contribution in [0.5, 0.6) is 5.75 Å². The van der Waals surface area contributed by atoms with Crippen LogP contribution in [0.15, 0.2) is 30.5 Å². The molecule has 5 nitrogen and oxygen atoms in total. The van der Waals surface area contributed by atoms with Crippen LogP contribution in [-0.4, -0.2) is 32.8 Å². The Balaban J connectivity index is 1.79. The van der Waals surface area contributed by atoms with Crippen molar-refractivity contribution >= 4 is 0 Å². The highest BCUT2D eigenvalue weighted by Gasteiger charge is 2.28. The molecule has 0 saturated heterocycles. The summed E-state index contributed by atoms with van der Waals surface area (Å²) in [5.74, 6) is 0.990. The molecule has 5 heteroatoms. The summed E-state index contributed by atoms with van der Waals surface area (Å²) in [6.07, 6.45) is 2.74. The maximum absolute atomic E-state index is 10.5. The minimum Gasteiger partial charge on any atom is -0.493 e. The zero-order chi connectivity index (χ0) is 13.2. The summed E-state index contributed by atoms with van der Waals surface area (Å²) >= 11 is 0. The third kappa shape index (κ3) is 2.46. The van der Waals surface area contributed by atoms with Gasteiger partial charge in [0, 0.05) is 25.6 Å². The van der Waals surface area contributed by atoms with Crippen LogP contribution in [0.25, 0.3) is 0 Å². The molecule has 3 rings (SSSR count). The summed E-state index contributed by atoms with van der Waals surface area (Å²) in [5.41, 5.74) is 1.91. The Bertz CT molecular complexity index is 567. The van der Waals surface area contributed by atoms with Gasteiger partial charge in [0.15, 0.2) is 0 Å². The number of aryl methyl sites for hydroxylation is 1. The molecule has 1 N–H and O–H groups in total. The van der Waals surface area contributed by atoms with Crippen molar-refractivity contribution in [1.82, 2.24) is 15.0 Å². The monoisotopic (exact) mass is 259 g/mol. The molecular formula is C14H17N3O2. The van der Waals surface area contributed by atoms with Crippen LogP contribution in [0.3, 0.4) is 0 Å². The number of fused-ring (bicyclic) bond motifs is 1. The van der Waals surface area contributed by atoms with E-state index >= 15 is 0 Å². The first kappa shape index (κ1) is 12.2. The Hall–Kier alpha value is -1.88. The van der Waals surface area contributed by atoms with Crippen molar-refractivity contribution in [2.45, 2.75) is 24.9 Å². The van der Waals surface area contributed by atoms with Crippen LogP contribution in [0.1, 0.15) is 23.6 Å². The number of benzene rings is 1. The number of ether oxygens (including phenoxy) is 1. The molecule has 1 aromatic carbocycles. The lowest BCUT2D eigenvalue weighted by Crippen LogP contribution is -2.26. The molecule has 0 amide bonds. The van der Waals surface area contributed by atoms with Gasteiger partial charge >= 0.3 is 0 Å². The lowest BCUT2D eigenvalue weighted by molar-refractivity contribution is 0.116. The van der Waals surface area contributed by atoms with Gasteiger partial charge in [-0.05, 0) is 18.1 Å². The van der Waals surface area contributed by atoms with Crippen LogP contribution >= 0.6 is 0 Å². The van der Waals surface area contributed by atoms with E-state index < -0.39 is 6.10 Å². The zero-order valence-electron chi connectivity index (χ0n) is 10.9. The standard InChI is InChI=1S/C14H17N3O2/c1-17-9-10(15-16-17)8-13(18)11-6-7-19-14-5-3-2-4-12(11)14/h2-5,9,11,13,18H,6-8H2,1H3. The maximum Gasteiger partial charge on any atom is 0.122 e. The Labute approximate surface area is 111 Å². The van der Waals surface area contributed by atoms with Gasteiger partial charge in [-0.1, -0.05) is 23.4 Å². The number of hydrogen-bond acceptors (Lipinski definition) is 4. The van der Waals surface area contributed by atoms with Crippen molar-refractivity contribution in [3.8, 4) is 5.75 Å². The fourth-order valence-electron chi connectivity index (χ4n) is 2.61. The summed E-state index contributed by atoms with van der Waals surface area (Å²) in [6.45, 7) is 0.652. The SMILES string of the molecule is Cn1cc(CC(O)C2CCOc3ccccc32)nn1. The van der Waals surface area contributed by atoms with Gasteiger partial charge in [0.05, 0.1) is 18.4 Å². The van der Waals surface area contributed by atoms with Crippen molar-refractivity contribution in [2.24, 2.45) is 7.05 Å². The van der Waals surface area contributed by atoms with E-state index in [1.165, 1.54) is 0 Å². The van der Waals surface area contributed by atoms with Crippen molar-refractivity contribution in [3.05, 3.63) is 41.7 Å². The van der Waals surface area contributed by atoms with E-state index in [0.717, 1.165) is 23.4 Å². The molecule has 2 atom stereocenters. The topological polar surface area (TPSA) is 60.2 Å². The Morgan fingerprint density at radius 2 is 2.32 bits per heavy atom. The Morgan fingerprint density at radius 1 is 1.47 bits per heavy atom. The molecule has 0 radical (unpaired) electrons. The molecule has 0 bridgehead atoms. The molecule has 0 aliphatic carbocycles. The molecule has 1 aliphatic rings. The summed E-state index contributed by atoms with van der Waals surface area (Å²) in [6, 6.07) is 7.92. The van der Waals surface area contributed by atoms with Gasteiger partial charge in [0.25, 0.3) is 0 Å². The van der Waals surface area contributed by atoms with Crippen LogP contribution in [0, 0.1) is 0 Å². The lowest BCUT2D eigenvalue weighted by Gasteiger charge is -2.29. The first-order valence-electron chi connectivity index (χ1n) is 6.49. The van der Waals surface area contributed by atoms with E-state index in [9.17, 15) is 5.11 Å². The molecule has 1 aromatic heterocycles. The molecule has 0 spiro atoms. The van der Waals surface area contributed by atoms with Gasteiger partial charge in [-0.2, -0.15) is 0 Å². The van der Waals surface area contributed by atoms with Gasteiger partial charge in [-0.25, -0.2) is 0 Å². The number of nitrogens with zero attached hydrogens (tertiary/aromatic N) is 3. The molecule has 0 fully saturated rings. The second-order valence-corrected chi connectivity index (χ2v) is 4.94. The van der Waals surface area contributed by atoms with Gasteiger partial charge in [-0.3, -0.25) is 4.68 Å². The molecule has 100 valence electrons. The molecule has 2 heterocycles. The zero-order valence-corrected chi connectivity index (χ0v) is 10.9. The Kier molecular flexibility index (Phi) is 3.21. The lowest BCUT2D eigenvalue weighted by atomic mass is 9.86. The minimum absolute atomic E-state index is 0.104. The first-order chi connectivity index (χ1) is 9.24. The van der Waals surface area contributed by atoms with E-state index in [4.69, 9.17) is 4.74 Å². The van der Waals surface area contributed by atoms with Gasteiger partial charge in [-0.15, -0.1) is 5.10 Å². The predicted octanol–water partition coefficient (Wildman–Crippen LogP) is 1.28. The van der Waals surface area contributed by atoms with Crippen LogP contribution < -0.4 is 4.74 Å². The largest absolute Gasteiger partial charge is 0.493 e. The summed E-state index contributed by atoms with van der Waals surface area (Å²) in [7, 11) is 1.83. The number of hydrogen-bond donors (Lipinski definition) is 1. The number of rotatable bonds is 3. The highest BCUT2D eigenvalue weighted by Crippen LogP contribution is 2.36. The van der Waals surface area contributed by atoms with Gasteiger partial charge in [0.1, 0.15) is 5.75 Å². The van der Waals surface area contributed by atoms with E-state index in [1.807, 2.05) is 37.5 Å². The van der Waals surface area contributed by atoms with Crippen LogP contribution in [0.2, 0.25) is 0 Å². The minimum atomic E-state index is -0.457. The van der Waals surface area contributed by atoms with E-state index in [-0.39, 0.29) is 5.92 Å². The molecular weight excluding hydrogens is 242 g/mol. The number of para-hydroxylation sites is 1. The quantitative estimate of drug-likeness (QED) is 0.902. The van der Waals surface area contributed by atoms with Crippen molar-refractivity contribution < 1.29 is 9.84 Å². The van der Waals surface area contributed by atoms with Gasteiger partial charge < -0.3 is 9.84 Å². The second-order valence-electron chi connectivity index (χ2n) is 4.94. The third-order valence-corrected chi connectivity index (χ3v) is 3.54. The third-order valence-electron chi connectivity index (χ3n) is 3.54. The molecule has 2 aromatic rings. The number of aliphatic hydroxyl groups excluding tert-OH is 1. The normalized spacial score (nSPS) is 19.6. The Morgan fingerprint density at radius 3 is 3.11 bits per heavy atom. The van der Waals surface area contributed by atoms with Crippen molar-refractivity contribution in [2.75, 3.05) is 6.61 Å². The summed E-state index contributed by atoms with van der Waals surface area (Å²) in [5, 5.41) is 18.4. The molecule has 19 heavy (non-hydrogen) atoms. The van der Waals surface area contributed by atoms with E-state index in [2.05, 4.69) is 10.3 Å². The van der Waals surface area contributed by atoms with E-state index in [0.29, 0.717) is 13.0 Å². The fraction of sp³-hybridized carbons (Fsp3) is 0.429. The molecule has 1 aliphatic heterocycles. The summed E-state index contributed by atoms with van der Waals surface area (Å²) < 4.78 is 7.27. The van der Waals surface area contributed by atoms with Crippen molar-refractivity contribution in [3.63, 3.8) is 0 Å². The highest BCUT2D eigenvalue weighted by molar-refractivity contribution is 5.38. The van der Waals surface area contributed by atoms with E-state index in [1.54, 1.807) is 4.68 Å². The van der Waals surface area contributed by atoms with Crippen LogP contribution in [0.4, 0.5) is 0 Å². The maximum atomic E-state index is 10.5. The predicted molar refractivity (Wildman–Crippen MR) is 70.0 cm³/mol. The average Bonchev–Trinajstić information content (AvgIpc) is 2.83. The highest BCUT2D eigenvalue weighted by atomic mass is 16.5. The fourth-order valence-corrected chi connectivity index (χ4v) is 2.61. The molecule has 2 unspecified atom stereocenters. The van der Waals surface area contributed by atoms with Crippen LogP contribution in [-0.2, 0) is 13.5 Å². The first-order valence-corrected chi connectivity index (χ1v) is 6.49. The smallest absolute Gasteiger partial charge is 0.122 e. The number of aliphatic hydroxyl groups is 1. The molecule has 0 saturated carbocycles. The number of aromatic nitrogens is 3. The van der Waals surface area contributed by atoms with Crippen molar-refractivity contribution in [1.29, 1.82) is 0 Å². The van der Waals surface area contributed by atoms with Gasteiger partial charge in [0.2, 0.25) is 0 Å².